The van der Waals surface area contributed by atoms with Gasteiger partial charge in [-0.3, -0.25) is 13.8 Å². The number of aromatic nitrogens is 5. The Morgan fingerprint density at radius 2 is 1.85 bits per heavy atom. The molecule has 40 heavy (non-hydrogen) atoms. The zero-order valence-electron chi connectivity index (χ0n) is 22.7. The maximum absolute atomic E-state index is 12.9. The molecule has 0 spiro atoms. The molecule has 3 heterocycles. The lowest BCUT2D eigenvalue weighted by molar-refractivity contribution is 0.151. The summed E-state index contributed by atoms with van der Waals surface area (Å²) in [7, 11) is 4.32. The number of hydrogen-bond acceptors (Lipinski definition) is 6. The lowest BCUT2D eigenvalue weighted by atomic mass is 9.86. The van der Waals surface area contributed by atoms with Crippen molar-refractivity contribution in [1.82, 2.24) is 28.8 Å². The van der Waals surface area contributed by atoms with Crippen LogP contribution in [0.25, 0.3) is 33.0 Å². The average Bonchev–Trinajstić information content (AvgIpc) is 3.36. The minimum atomic E-state index is -0.147. The molecule has 0 unspecified atom stereocenters. The molecule has 0 N–H and O–H groups in total. The molecule has 0 aliphatic heterocycles. The van der Waals surface area contributed by atoms with Gasteiger partial charge in [0, 0.05) is 23.9 Å². The van der Waals surface area contributed by atoms with Crippen molar-refractivity contribution in [3.63, 3.8) is 0 Å². The van der Waals surface area contributed by atoms with E-state index in [0.29, 0.717) is 48.2 Å². The second-order valence-corrected chi connectivity index (χ2v) is 10.7. The molecule has 5 aromatic rings. The van der Waals surface area contributed by atoms with E-state index in [1.807, 2.05) is 34.7 Å². The van der Waals surface area contributed by atoms with Gasteiger partial charge >= 0.3 is 0 Å². The highest BCUT2D eigenvalue weighted by atomic mass is 16.5. The largest absolute Gasteiger partial charge is 0.490 e. The van der Waals surface area contributed by atoms with E-state index in [2.05, 4.69) is 38.8 Å². The van der Waals surface area contributed by atoms with Gasteiger partial charge < -0.3 is 9.64 Å². The molecular formula is C31H31N7O2. The number of nitrogens with zero attached hydrogens (tertiary/aromatic N) is 7. The van der Waals surface area contributed by atoms with Crippen LogP contribution in [0.3, 0.4) is 0 Å². The Hall–Kier alpha value is -4.55. The predicted octanol–water partition coefficient (Wildman–Crippen LogP) is 5.20. The van der Waals surface area contributed by atoms with Crippen LogP contribution in [0.1, 0.15) is 31.2 Å². The van der Waals surface area contributed by atoms with E-state index in [1.165, 1.54) is 31.7 Å². The van der Waals surface area contributed by atoms with E-state index in [9.17, 15) is 4.79 Å². The Balaban J connectivity index is 1.17. The van der Waals surface area contributed by atoms with Gasteiger partial charge in [-0.2, -0.15) is 0 Å². The second kappa shape index (κ2) is 10.9. The number of ether oxygens (including phenoxy) is 1. The van der Waals surface area contributed by atoms with E-state index < -0.39 is 0 Å². The average molecular weight is 534 g/mol. The fraction of sp³-hybridized carbons (Fsp3) is 0.323. The Kier molecular flexibility index (Phi) is 7.01. The number of rotatable bonds is 7. The Labute approximate surface area is 232 Å². The van der Waals surface area contributed by atoms with Crippen molar-refractivity contribution in [2.45, 2.75) is 38.3 Å². The normalized spacial score (nSPS) is 17.4. The molecule has 2 aromatic carbocycles. The summed E-state index contributed by atoms with van der Waals surface area (Å²) in [6.45, 7) is 8.35. The van der Waals surface area contributed by atoms with Gasteiger partial charge in [-0.15, -0.1) is 0 Å². The molecule has 0 amide bonds. The molecule has 1 aliphatic rings. The van der Waals surface area contributed by atoms with Crippen molar-refractivity contribution in [3.8, 4) is 17.1 Å². The summed E-state index contributed by atoms with van der Waals surface area (Å²) in [5, 5.41) is 0. The topological polar surface area (TPSA) is 81.9 Å². The first kappa shape index (κ1) is 25.7. The van der Waals surface area contributed by atoms with Crippen LogP contribution in [0, 0.1) is 12.5 Å². The molecule has 1 saturated carbocycles. The summed E-state index contributed by atoms with van der Waals surface area (Å²) in [6, 6.07) is 15.4. The van der Waals surface area contributed by atoms with E-state index in [0.717, 1.165) is 22.2 Å². The summed E-state index contributed by atoms with van der Waals surface area (Å²) in [5.41, 5.74) is 3.70. The van der Waals surface area contributed by atoms with E-state index >= 15 is 0 Å². The minimum absolute atomic E-state index is 0.147. The van der Waals surface area contributed by atoms with Crippen molar-refractivity contribution in [2.75, 3.05) is 20.7 Å². The molecule has 9 nitrogen and oxygen atoms in total. The summed E-state index contributed by atoms with van der Waals surface area (Å²) in [6.07, 6.45) is 9.98. The smallest absolute Gasteiger partial charge is 0.255 e. The molecule has 1 aliphatic carbocycles. The lowest BCUT2D eigenvalue weighted by Crippen LogP contribution is -2.33. The monoisotopic (exact) mass is 533 g/mol. The van der Waals surface area contributed by atoms with Crippen LogP contribution >= 0.6 is 0 Å². The molecule has 6 rings (SSSR count). The molecule has 1 fully saturated rings. The molecular weight excluding hydrogens is 502 g/mol. The van der Waals surface area contributed by atoms with Gasteiger partial charge in [-0.05, 0) is 69.5 Å². The van der Waals surface area contributed by atoms with E-state index in [4.69, 9.17) is 11.3 Å². The summed E-state index contributed by atoms with van der Waals surface area (Å²) in [5.74, 6) is 2.39. The number of fused-ring (bicyclic) bond motifs is 3. The van der Waals surface area contributed by atoms with Gasteiger partial charge in [0.15, 0.2) is 17.3 Å². The van der Waals surface area contributed by atoms with Crippen molar-refractivity contribution < 1.29 is 4.74 Å². The molecule has 3 aromatic heterocycles. The third-order valence-corrected chi connectivity index (χ3v) is 7.84. The fourth-order valence-electron chi connectivity index (χ4n) is 5.52. The third kappa shape index (κ3) is 5.18. The zero-order valence-corrected chi connectivity index (χ0v) is 22.7. The van der Waals surface area contributed by atoms with Crippen LogP contribution in [-0.2, 0) is 6.54 Å². The van der Waals surface area contributed by atoms with Crippen molar-refractivity contribution in [2.24, 2.45) is 5.92 Å². The summed E-state index contributed by atoms with van der Waals surface area (Å²) in [4.78, 5) is 32.5. The van der Waals surface area contributed by atoms with Crippen LogP contribution in [0.2, 0.25) is 0 Å². The van der Waals surface area contributed by atoms with Crippen LogP contribution in [0.5, 0.6) is 5.75 Å². The molecule has 0 atom stereocenters. The van der Waals surface area contributed by atoms with E-state index in [-0.39, 0.29) is 5.56 Å². The Bertz CT molecular complexity index is 1760. The van der Waals surface area contributed by atoms with Crippen molar-refractivity contribution in [3.05, 3.63) is 94.5 Å². The number of imidazole rings is 1. The zero-order chi connectivity index (χ0) is 27.6. The van der Waals surface area contributed by atoms with E-state index in [1.54, 1.807) is 35.3 Å². The Morgan fingerprint density at radius 1 is 1.05 bits per heavy atom. The highest BCUT2D eigenvalue weighted by Gasteiger charge is 2.23. The first-order valence-electron chi connectivity index (χ1n) is 13.6. The highest BCUT2D eigenvalue weighted by molar-refractivity contribution is 5.83. The summed E-state index contributed by atoms with van der Waals surface area (Å²) >= 11 is 0. The minimum Gasteiger partial charge on any atom is -0.490 e. The summed E-state index contributed by atoms with van der Waals surface area (Å²) < 4.78 is 9.52. The van der Waals surface area contributed by atoms with Gasteiger partial charge in [0.1, 0.15) is 0 Å². The number of hydrogen-bond donors (Lipinski definition) is 0. The maximum atomic E-state index is 12.9. The van der Waals surface area contributed by atoms with Crippen LogP contribution < -0.4 is 10.3 Å². The maximum Gasteiger partial charge on any atom is 0.255 e. The molecule has 0 bridgehead atoms. The predicted molar refractivity (Wildman–Crippen MR) is 155 cm³/mol. The molecule has 0 saturated heterocycles. The van der Waals surface area contributed by atoms with Gasteiger partial charge in [0.25, 0.3) is 5.56 Å². The SMILES string of the molecule is [C-]#[N+]c1ccc2nc3n(Cc4cccc(-c5ncc(OCC6CCC(N(C)C)CC6)cn5)c4)c(=O)ccn3c2c1. The Morgan fingerprint density at radius 3 is 2.60 bits per heavy atom. The first-order valence-corrected chi connectivity index (χ1v) is 13.6. The fourth-order valence-corrected chi connectivity index (χ4v) is 5.52. The van der Waals surface area contributed by atoms with Gasteiger partial charge in [-0.25, -0.2) is 19.8 Å². The lowest BCUT2D eigenvalue weighted by Gasteiger charge is -2.32. The third-order valence-electron chi connectivity index (χ3n) is 7.84. The molecule has 202 valence electrons. The van der Waals surface area contributed by atoms with Crippen molar-refractivity contribution in [1.29, 1.82) is 0 Å². The molecule has 9 heteroatoms. The van der Waals surface area contributed by atoms with Crippen LogP contribution in [0.4, 0.5) is 5.69 Å². The number of benzene rings is 2. The van der Waals surface area contributed by atoms with Gasteiger partial charge in [0.2, 0.25) is 5.78 Å². The van der Waals surface area contributed by atoms with Crippen LogP contribution in [-0.4, -0.2) is 55.6 Å². The quantitative estimate of drug-likeness (QED) is 0.267. The first-order chi connectivity index (χ1) is 19.5. The van der Waals surface area contributed by atoms with Gasteiger partial charge in [0.05, 0.1) is 43.2 Å². The second-order valence-electron chi connectivity index (χ2n) is 10.7. The van der Waals surface area contributed by atoms with Crippen molar-refractivity contribution >= 4 is 22.5 Å². The molecule has 0 radical (unpaired) electrons. The standard InChI is InChI=1S/C31H31N7O2/c1-32-24-9-12-27-28(16-24)37-14-13-29(39)38(31(37)35-27)19-22-5-4-6-23(15-22)30-33-17-26(18-34-30)40-20-21-7-10-25(11-8-21)36(2)3/h4-6,9,12-18,21,25H,7-8,10-11,19-20H2,2-3H3. The van der Waals surface area contributed by atoms with Crippen LogP contribution in [0.15, 0.2) is 71.9 Å². The van der Waals surface area contributed by atoms with Gasteiger partial charge in [-0.1, -0.05) is 24.3 Å². The highest BCUT2D eigenvalue weighted by Crippen LogP contribution is 2.28.